The number of carbonyl (C=O) groups excluding carboxylic acids is 2. The van der Waals surface area contributed by atoms with Crippen molar-refractivity contribution in [3.63, 3.8) is 0 Å². The quantitative estimate of drug-likeness (QED) is 0.251. The maximum atomic E-state index is 12.5. The number of nitrogens with zero attached hydrogens (tertiary/aromatic N) is 4. The summed E-state index contributed by atoms with van der Waals surface area (Å²) >= 11 is 1.53. The van der Waals surface area contributed by atoms with Gasteiger partial charge >= 0.3 is 6.09 Å². The van der Waals surface area contributed by atoms with Crippen LogP contribution in [-0.4, -0.2) is 80.7 Å². The van der Waals surface area contributed by atoms with Crippen molar-refractivity contribution in [2.45, 2.75) is 38.6 Å². The van der Waals surface area contributed by atoms with Crippen LogP contribution in [-0.2, 0) is 27.4 Å². The molecule has 0 fully saturated rings. The maximum absolute atomic E-state index is 12.5. The van der Waals surface area contributed by atoms with Crippen molar-refractivity contribution >= 4 is 23.8 Å². The van der Waals surface area contributed by atoms with Gasteiger partial charge in [0, 0.05) is 18.1 Å². The van der Waals surface area contributed by atoms with E-state index >= 15 is 0 Å². The minimum Gasteiger partial charge on any atom is -0.448 e. The Morgan fingerprint density at radius 3 is 2.74 bits per heavy atom. The fraction of sp³-hybridized carbons (Fsp3) is 0.571. The molecule has 12 nitrogen and oxygen atoms in total. The number of benzene rings is 1. The number of alkyl carbamates (subject to hydrolysis) is 1. The molecular weight excluding hydrogens is 462 g/mol. The first-order valence-electron chi connectivity index (χ1n) is 10.9. The standard InChI is InChI=1S/C21H33N7O5S/c1-21(2,22)19(30)24-17(15-32-14-16-6-4-3-5-7-16)18-25-26-27-28(18)9-11-33-20(31)23-8-12-34-13-10-29/h3-7,17,29H,8-15,22H2,1-2H3,(H,23,31)(H,24,30)/t17-/m1/s1. The van der Waals surface area contributed by atoms with Crippen LogP contribution in [0.25, 0.3) is 0 Å². The highest BCUT2D eigenvalue weighted by atomic mass is 32.2. The predicted octanol–water partition coefficient (Wildman–Crippen LogP) is 0.236. The van der Waals surface area contributed by atoms with E-state index in [-0.39, 0.29) is 32.3 Å². The van der Waals surface area contributed by atoms with Crippen LogP contribution < -0.4 is 16.4 Å². The van der Waals surface area contributed by atoms with Crippen molar-refractivity contribution in [2.75, 3.05) is 37.9 Å². The fourth-order valence-corrected chi connectivity index (χ4v) is 3.26. The third-order valence-electron chi connectivity index (χ3n) is 4.45. The van der Waals surface area contributed by atoms with Gasteiger partial charge in [0.2, 0.25) is 5.91 Å². The third kappa shape index (κ3) is 10.0. The van der Waals surface area contributed by atoms with Gasteiger partial charge in [-0.1, -0.05) is 30.3 Å². The average Bonchev–Trinajstić information content (AvgIpc) is 3.26. The molecule has 1 aromatic carbocycles. The first-order valence-corrected chi connectivity index (χ1v) is 12.0. The molecule has 5 N–H and O–H groups in total. The smallest absolute Gasteiger partial charge is 0.407 e. The van der Waals surface area contributed by atoms with E-state index in [1.54, 1.807) is 13.8 Å². The maximum Gasteiger partial charge on any atom is 0.407 e. The summed E-state index contributed by atoms with van der Waals surface area (Å²) in [5.41, 5.74) is 5.81. The number of rotatable bonds is 15. The van der Waals surface area contributed by atoms with Gasteiger partial charge in [-0.15, -0.1) is 5.10 Å². The van der Waals surface area contributed by atoms with Crippen molar-refractivity contribution in [1.82, 2.24) is 30.8 Å². The van der Waals surface area contributed by atoms with E-state index in [9.17, 15) is 9.59 Å². The van der Waals surface area contributed by atoms with E-state index in [4.69, 9.17) is 20.3 Å². The SMILES string of the molecule is CC(C)(N)C(=O)N[C@H](COCc1ccccc1)c1nnnn1CCOC(=O)NCCSCCO. The topological polar surface area (TPSA) is 167 Å². The molecule has 0 saturated carbocycles. The third-order valence-corrected chi connectivity index (χ3v) is 5.41. The Labute approximate surface area is 202 Å². The Morgan fingerprint density at radius 2 is 2.03 bits per heavy atom. The summed E-state index contributed by atoms with van der Waals surface area (Å²) < 4.78 is 12.4. The number of tetrazole rings is 1. The number of nitrogens with two attached hydrogens (primary N) is 1. The molecule has 13 heteroatoms. The van der Waals surface area contributed by atoms with Gasteiger partial charge in [0.1, 0.15) is 12.6 Å². The molecule has 1 atom stereocenters. The normalized spacial score (nSPS) is 12.2. The highest BCUT2D eigenvalue weighted by Gasteiger charge is 2.28. The molecule has 188 valence electrons. The van der Waals surface area contributed by atoms with Gasteiger partial charge < -0.3 is 30.9 Å². The zero-order valence-corrected chi connectivity index (χ0v) is 20.3. The van der Waals surface area contributed by atoms with Gasteiger partial charge in [-0.25, -0.2) is 9.48 Å². The van der Waals surface area contributed by atoms with Crippen molar-refractivity contribution < 1.29 is 24.2 Å². The summed E-state index contributed by atoms with van der Waals surface area (Å²) in [6.45, 7) is 4.41. The minimum atomic E-state index is -1.10. The molecule has 0 aliphatic rings. The summed E-state index contributed by atoms with van der Waals surface area (Å²) in [7, 11) is 0. The summed E-state index contributed by atoms with van der Waals surface area (Å²) in [5, 5.41) is 25.9. The summed E-state index contributed by atoms with van der Waals surface area (Å²) in [6.07, 6.45) is -0.555. The number of amides is 2. The lowest BCUT2D eigenvalue weighted by Crippen LogP contribution is -2.51. The van der Waals surface area contributed by atoms with Crippen LogP contribution in [0, 0.1) is 0 Å². The van der Waals surface area contributed by atoms with Crippen LogP contribution in [0.2, 0.25) is 0 Å². The van der Waals surface area contributed by atoms with Crippen LogP contribution in [0.5, 0.6) is 0 Å². The van der Waals surface area contributed by atoms with E-state index < -0.39 is 17.7 Å². The molecule has 2 amide bonds. The number of hydrogen-bond donors (Lipinski definition) is 4. The van der Waals surface area contributed by atoms with Gasteiger partial charge in [0.15, 0.2) is 5.82 Å². The molecule has 0 radical (unpaired) electrons. The lowest BCUT2D eigenvalue weighted by molar-refractivity contribution is -0.126. The van der Waals surface area contributed by atoms with Crippen molar-refractivity contribution in [2.24, 2.45) is 5.73 Å². The van der Waals surface area contributed by atoms with Crippen LogP contribution in [0.4, 0.5) is 4.79 Å². The minimum absolute atomic E-state index is 0.0293. The molecule has 2 rings (SSSR count). The number of aliphatic hydroxyl groups is 1. The second-order valence-electron chi connectivity index (χ2n) is 7.91. The molecule has 1 aromatic heterocycles. The van der Waals surface area contributed by atoms with E-state index in [1.807, 2.05) is 30.3 Å². The zero-order chi connectivity index (χ0) is 24.8. The van der Waals surface area contributed by atoms with Crippen LogP contribution >= 0.6 is 11.8 Å². The first kappa shape index (κ1) is 27.5. The largest absolute Gasteiger partial charge is 0.448 e. The molecule has 2 aromatic rings. The number of aliphatic hydroxyl groups excluding tert-OH is 1. The second-order valence-corrected chi connectivity index (χ2v) is 9.13. The highest BCUT2D eigenvalue weighted by Crippen LogP contribution is 2.13. The Morgan fingerprint density at radius 1 is 1.26 bits per heavy atom. The number of carbonyl (C=O) groups is 2. The second kappa shape index (κ2) is 14.5. The van der Waals surface area contributed by atoms with Crippen LogP contribution in [0.1, 0.15) is 31.3 Å². The van der Waals surface area contributed by atoms with E-state index in [1.165, 1.54) is 16.4 Å². The molecule has 1 heterocycles. The molecule has 0 unspecified atom stereocenters. The van der Waals surface area contributed by atoms with Gasteiger partial charge in [-0.05, 0) is 29.8 Å². The summed E-state index contributed by atoms with van der Waals surface area (Å²) in [6, 6.07) is 8.97. The summed E-state index contributed by atoms with van der Waals surface area (Å²) in [4.78, 5) is 24.3. The fourth-order valence-electron chi connectivity index (χ4n) is 2.68. The number of nitrogens with one attached hydrogen (secondary N) is 2. The molecule has 34 heavy (non-hydrogen) atoms. The van der Waals surface area contributed by atoms with Crippen molar-refractivity contribution in [1.29, 1.82) is 0 Å². The van der Waals surface area contributed by atoms with Gasteiger partial charge in [-0.2, -0.15) is 11.8 Å². The number of ether oxygens (including phenoxy) is 2. The Kier molecular flexibility index (Phi) is 11.7. The molecular formula is C21H33N7O5S. The molecule has 0 saturated heterocycles. The monoisotopic (exact) mass is 495 g/mol. The lowest BCUT2D eigenvalue weighted by Gasteiger charge is -2.23. The first-order chi connectivity index (χ1) is 16.3. The van der Waals surface area contributed by atoms with Crippen molar-refractivity contribution in [3.8, 4) is 0 Å². The number of thioether (sulfide) groups is 1. The Bertz CT molecular complexity index is 876. The molecule has 0 spiro atoms. The van der Waals surface area contributed by atoms with E-state index in [2.05, 4.69) is 26.2 Å². The van der Waals surface area contributed by atoms with Gasteiger partial charge in [0.25, 0.3) is 0 Å². The van der Waals surface area contributed by atoms with Gasteiger partial charge in [0.05, 0.1) is 31.9 Å². The molecule has 0 aliphatic heterocycles. The highest BCUT2D eigenvalue weighted by molar-refractivity contribution is 7.99. The van der Waals surface area contributed by atoms with Crippen molar-refractivity contribution in [3.05, 3.63) is 41.7 Å². The van der Waals surface area contributed by atoms with Crippen LogP contribution in [0.15, 0.2) is 30.3 Å². The average molecular weight is 496 g/mol. The van der Waals surface area contributed by atoms with E-state index in [0.717, 1.165) is 5.56 Å². The number of hydrogen-bond acceptors (Lipinski definition) is 10. The molecule has 0 aliphatic carbocycles. The predicted molar refractivity (Wildman–Crippen MR) is 127 cm³/mol. The zero-order valence-electron chi connectivity index (χ0n) is 19.5. The molecule has 0 bridgehead atoms. The van der Waals surface area contributed by atoms with Crippen LogP contribution in [0.3, 0.4) is 0 Å². The Hall–Kier alpha value is -2.74. The van der Waals surface area contributed by atoms with E-state index in [0.29, 0.717) is 30.5 Å². The summed E-state index contributed by atoms with van der Waals surface area (Å²) in [5.74, 6) is 1.27. The lowest BCUT2D eigenvalue weighted by atomic mass is 10.1. The number of aromatic nitrogens is 4. The van der Waals surface area contributed by atoms with Gasteiger partial charge in [-0.3, -0.25) is 4.79 Å². The Balaban J connectivity index is 1.92.